The number of nitrogens with one attached hydrogen (secondary N) is 1. The Morgan fingerprint density at radius 3 is 2.48 bits per heavy atom. The summed E-state index contributed by atoms with van der Waals surface area (Å²) < 4.78 is 0.928. The maximum absolute atomic E-state index is 12.3. The van der Waals surface area contributed by atoms with Crippen molar-refractivity contribution in [1.82, 2.24) is 0 Å². The van der Waals surface area contributed by atoms with E-state index in [1.165, 1.54) is 0 Å². The average Bonchev–Trinajstić information content (AvgIpc) is 2.43. The summed E-state index contributed by atoms with van der Waals surface area (Å²) in [5.74, 6) is -0.158. The molecule has 5 heteroatoms. The predicted molar refractivity (Wildman–Crippen MR) is 97.6 cm³/mol. The van der Waals surface area contributed by atoms with Crippen molar-refractivity contribution in [3.8, 4) is 0 Å². The largest absolute Gasteiger partial charge is 0.378 e. The second-order valence-corrected chi connectivity index (χ2v) is 6.55. The number of halogens is 2. The Bertz CT molecular complexity index is 686. The zero-order valence-corrected chi connectivity index (χ0v) is 15.0. The highest BCUT2D eigenvalue weighted by molar-refractivity contribution is 14.1. The minimum Gasteiger partial charge on any atom is -0.378 e. The monoisotopic (exact) mass is 414 g/mol. The molecule has 0 aliphatic rings. The maximum Gasteiger partial charge on any atom is 0.255 e. The van der Waals surface area contributed by atoms with Gasteiger partial charge in [0, 0.05) is 34.6 Å². The van der Waals surface area contributed by atoms with E-state index in [1.54, 1.807) is 12.1 Å². The molecule has 2 aromatic rings. The summed E-state index contributed by atoms with van der Waals surface area (Å²) in [6.45, 7) is 1.98. The lowest BCUT2D eigenvalue weighted by atomic mass is 10.1. The van der Waals surface area contributed by atoms with Gasteiger partial charge in [-0.3, -0.25) is 4.79 Å². The Labute approximate surface area is 143 Å². The molecule has 2 rings (SSSR count). The lowest BCUT2D eigenvalue weighted by Crippen LogP contribution is -2.14. The summed E-state index contributed by atoms with van der Waals surface area (Å²) >= 11 is 8.19. The van der Waals surface area contributed by atoms with Crippen LogP contribution in [0.3, 0.4) is 0 Å². The lowest BCUT2D eigenvalue weighted by Gasteiger charge is -2.15. The fraction of sp³-hybridized carbons (Fsp3) is 0.188. The molecular weight excluding hydrogens is 399 g/mol. The predicted octanol–water partition coefficient (Wildman–Crippen LogP) is 4.57. The highest BCUT2D eigenvalue weighted by Gasteiger charge is 2.10. The standard InChI is InChI=1S/C16H16ClIN2O/c1-10-8-12(20(2)3)5-7-15(10)19-16(21)11-4-6-14(18)13(17)9-11/h4-9H,1-3H3,(H,19,21). The Kier molecular flexibility index (Phi) is 5.11. The van der Waals surface area contributed by atoms with Gasteiger partial charge >= 0.3 is 0 Å². The first-order valence-corrected chi connectivity index (χ1v) is 7.88. The first kappa shape index (κ1) is 16.1. The number of hydrogen-bond donors (Lipinski definition) is 1. The van der Waals surface area contributed by atoms with E-state index in [0.717, 1.165) is 20.5 Å². The third kappa shape index (κ3) is 3.89. The molecule has 21 heavy (non-hydrogen) atoms. The van der Waals surface area contributed by atoms with E-state index in [4.69, 9.17) is 11.6 Å². The Morgan fingerprint density at radius 2 is 1.90 bits per heavy atom. The molecule has 0 unspecified atom stereocenters. The molecule has 0 aliphatic carbocycles. The van der Waals surface area contributed by atoms with Crippen molar-refractivity contribution in [2.45, 2.75) is 6.92 Å². The Balaban J connectivity index is 2.21. The lowest BCUT2D eigenvalue weighted by molar-refractivity contribution is 0.102. The van der Waals surface area contributed by atoms with Gasteiger partial charge in [-0.2, -0.15) is 0 Å². The highest BCUT2D eigenvalue weighted by Crippen LogP contribution is 2.23. The van der Waals surface area contributed by atoms with Gasteiger partial charge in [0.1, 0.15) is 0 Å². The van der Waals surface area contributed by atoms with E-state index in [-0.39, 0.29) is 5.91 Å². The molecule has 0 aromatic heterocycles. The van der Waals surface area contributed by atoms with Crippen LogP contribution in [0.1, 0.15) is 15.9 Å². The van der Waals surface area contributed by atoms with E-state index < -0.39 is 0 Å². The van der Waals surface area contributed by atoms with Crippen molar-refractivity contribution in [3.05, 3.63) is 56.1 Å². The minimum absolute atomic E-state index is 0.158. The van der Waals surface area contributed by atoms with Gasteiger partial charge in [-0.05, 0) is 71.5 Å². The zero-order valence-electron chi connectivity index (χ0n) is 12.1. The molecule has 0 radical (unpaired) electrons. The molecule has 110 valence electrons. The van der Waals surface area contributed by atoms with Crippen LogP contribution in [0.25, 0.3) is 0 Å². The van der Waals surface area contributed by atoms with Gasteiger partial charge < -0.3 is 10.2 Å². The SMILES string of the molecule is Cc1cc(N(C)C)ccc1NC(=O)c1ccc(I)c(Cl)c1. The molecule has 1 amide bonds. The first-order chi connectivity index (χ1) is 9.88. The quantitative estimate of drug-likeness (QED) is 0.746. The summed E-state index contributed by atoms with van der Waals surface area (Å²) in [4.78, 5) is 14.3. The third-order valence-electron chi connectivity index (χ3n) is 3.16. The van der Waals surface area contributed by atoms with Crippen molar-refractivity contribution in [3.63, 3.8) is 0 Å². The Morgan fingerprint density at radius 1 is 1.19 bits per heavy atom. The summed E-state index contributed by atoms with van der Waals surface area (Å²) in [5, 5.41) is 3.51. The molecule has 0 saturated heterocycles. The zero-order chi connectivity index (χ0) is 15.6. The van der Waals surface area contributed by atoms with E-state index in [9.17, 15) is 4.79 Å². The van der Waals surface area contributed by atoms with Gasteiger partial charge in [-0.15, -0.1) is 0 Å². The number of rotatable bonds is 3. The molecule has 0 heterocycles. The number of benzene rings is 2. The summed E-state index contributed by atoms with van der Waals surface area (Å²) in [5.41, 5.74) is 3.48. The van der Waals surface area contributed by atoms with Crippen LogP contribution < -0.4 is 10.2 Å². The van der Waals surface area contributed by atoms with Gasteiger partial charge in [0.05, 0.1) is 5.02 Å². The minimum atomic E-state index is -0.158. The van der Waals surface area contributed by atoms with Crippen molar-refractivity contribution in [1.29, 1.82) is 0 Å². The van der Waals surface area contributed by atoms with Gasteiger partial charge in [-0.1, -0.05) is 11.6 Å². The highest BCUT2D eigenvalue weighted by atomic mass is 127. The summed E-state index contributed by atoms with van der Waals surface area (Å²) in [6.07, 6.45) is 0. The normalized spacial score (nSPS) is 10.3. The fourth-order valence-corrected chi connectivity index (χ4v) is 2.41. The number of anilines is 2. The molecule has 0 saturated carbocycles. The smallest absolute Gasteiger partial charge is 0.255 e. The van der Waals surface area contributed by atoms with E-state index in [0.29, 0.717) is 10.6 Å². The number of carbonyl (C=O) groups excluding carboxylic acids is 1. The van der Waals surface area contributed by atoms with Gasteiger partial charge in [0.25, 0.3) is 5.91 Å². The number of amides is 1. The van der Waals surface area contributed by atoms with Crippen LogP contribution in [-0.2, 0) is 0 Å². The van der Waals surface area contributed by atoms with Crippen molar-refractivity contribution >= 4 is 51.5 Å². The third-order valence-corrected chi connectivity index (χ3v) is 4.73. The molecule has 0 aliphatic heterocycles. The van der Waals surface area contributed by atoms with Crippen LogP contribution in [0.5, 0.6) is 0 Å². The van der Waals surface area contributed by atoms with Crippen LogP contribution in [0.4, 0.5) is 11.4 Å². The first-order valence-electron chi connectivity index (χ1n) is 6.43. The summed E-state index contributed by atoms with van der Waals surface area (Å²) in [6, 6.07) is 11.2. The van der Waals surface area contributed by atoms with E-state index in [2.05, 4.69) is 27.9 Å². The van der Waals surface area contributed by atoms with Crippen LogP contribution in [0, 0.1) is 10.5 Å². The number of hydrogen-bond acceptors (Lipinski definition) is 2. The molecule has 3 nitrogen and oxygen atoms in total. The molecule has 0 atom stereocenters. The van der Waals surface area contributed by atoms with Crippen LogP contribution in [0.2, 0.25) is 5.02 Å². The Hall–Kier alpha value is -1.27. The van der Waals surface area contributed by atoms with Crippen molar-refractivity contribution < 1.29 is 4.79 Å². The molecule has 2 aromatic carbocycles. The van der Waals surface area contributed by atoms with Crippen molar-refractivity contribution in [2.24, 2.45) is 0 Å². The molecule has 0 spiro atoms. The molecule has 0 fully saturated rings. The molecule has 1 N–H and O–H groups in total. The number of nitrogens with zero attached hydrogens (tertiary/aromatic N) is 1. The second-order valence-electron chi connectivity index (χ2n) is 4.98. The van der Waals surface area contributed by atoms with Crippen LogP contribution in [0.15, 0.2) is 36.4 Å². The van der Waals surface area contributed by atoms with Crippen LogP contribution in [-0.4, -0.2) is 20.0 Å². The topological polar surface area (TPSA) is 32.3 Å². The van der Waals surface area contributed by atoms with E-state index >= 15 is 0 Å². The maximum atomic E-state index is 12.3. The van der Waals surface area contributed by atoms with Crippen molar-refractivity contribution in [2.75, 3.05) is 24.3 Å². The number of carbonyl (C=O) groups is 1. The summed E-state index contributed by atoms with van der Waals surface area (Å²) in [7, 11) is 3.97. The fourth-order valence-electron chi connectivity index (χ4n) is 1.90. The number of aryl methyl sites for hydroxylation is 1. The molecule has 0 bridgehead atoms. The second kappa shape index (κ2) is 6.66. The average molecular weight is 415 g/mol. The molecular formula is C16H16ClIN2O. The van der Waals surface area contributed by atoms with E-state index in [1.807, 2.05) is 50.2 Å². The van der Waals surface area contributed by atoms with Gasteiger partial charge in [0.15, 0.2) is 0 Å². The van der Waals surface area contributed by atoms with Gasteiger partial charge in [-0.25, -0.2) is 0 Å². The van der Waals surface area contributed by atoms with Crippen LogP contribution >= 0.6 is 34.2 Å². The van der Waals surface area contributed by atoms with Gasteiger partial charge in [0.2, 0.25) is 0 Å².